The minimum Gasteiger partial charge on any atom is -0.317 e. The maximum Gasteiger partial charge on any atom is 0.159 e. The Kier molecular flexibility index (Phi) is 3.62. The molecule has 1 aliphatic heterocycles. The fraction of sp³-hybridized carbons (Fsp3) is 0.389. The molecule has 7 heteroatoms. The van der Waals surface area contributed by atoms with Crippen molar-refractivity contribution in [3.05, 3.63) is 34.7 Å². The number of imidazole rings is 1. The van der Waals surface area contributed by atoms with Gasteiger partial charge < -0.3 is 9.72 Å². The predicted octanol–water partition coefficient (Wildman–Crippen LogP) is 4.15. The molecule has 25 heavy (non-hydrogen) atoms. The van der Waals surface area contributed by atoms with Crippen LogP contribution < -0.4 is 5.32 Å². The van der Waals surface area contributed by atoms with E-state index in [4.69, 9.17) is 9.97 Å². The second kappa shape index (κ2) is 5.86. The van der Waals surface area contributed by atoms with Crippen LogP contribution in [-0.4, -0.2) is 32.4 Å². The van der Waals surface area contributed by atoms with Gasteiger partial charge in [0.1, 0.15) is 15.5 Å². The first-order chi connectivity index (χ1) is 12.2. The average Bonchev–Trinajstić information content (AvgIpc) is 3.27. The van der Waals surface area contributed by atoms with Crippen LogP contribution >= 0.6 is 22.7 Å². The minimum absolute atomic E-state index is 0.697. The summed E-state index contributed by atoms with van der Waals surface area (Å²) in [6, 6.07) is 2.35. The number of rotatable bonds is 2. The molecule has 1 N–H and O–H groups in total. The molecule has 1 aliphatic rings. The molecule has 128 valence electrons. The highest BCUT2D eigenvalue weighted by Gasteiger charge is 2.20. The molecule has 5 nitrogen and oxygen atoms in total. The fourth-order valence-electron chi connectivity index (χ4n) is 3.58. The average molecular weight is 370 g/mol. The summed E-state index contributed by atoms with van der Waals surface area (Å²) in [7, 11) is 0. The molecule has 0 bridgehead atoms. The Labute approximate surface area is 153 Å². The fourth-order valence-corrected chi connectivity index (χ4v) is 5.93. The van der Waals surface area contributed by atoms with Gasteiger partial charge >= 0.3 is 0 Å². The van der Waals surface area contributed by atoms with E-state index >= 15 is 0 Å². The first kappa shape index (κ1) is 15.4. The predicted molar refractivity (Wildman–Crippen MR) is 104 cm³/mol. The summed E-state index contributed by atoms with van der Waals surface area (Å²) in [6.07, 6.45) is 6.55. The Morgan fingerprint density at radius 1 is 1.08 bits per heavy atom. The van der Waals surface area contributed by atoms with Gasteiger partial charge in [0.2, 0.25) is 0 Å². The van der Waals surface area contributed by atoms with Gasteiger partial charge in [0.15, 0.2) is 5.65 Å². The van der Waals surface area contributed by atoms with Crippen molar-refractivity contribution in [2.24, 2.45) is 0 Å². The quantitative estimate of drug-likeness (QED) is 0.577. The molecule has 0 aromatic carbocycles. The van der Waals surface area contributed by atoms with Crippen molar-refractivity contribution >= 4 is 37.9 Å². The molecule has 0 spiro atoms. The van der Waals surface area contributed by atoms with Gasteiger partial charge in [-0.2, -0.15) is 0 Å². The molecule has 1 saturated heterocycles. The van der Waals surface area contributed by atoms with E-state index in [1.54, 1.807) is 11.3 Å². The molecule has 4 aromatic rings. The first-order valence-corrected chi connectivity index (χ1v) is 10.2. The smallest absolute Gasteiger partial charge is 0.159 e. The zero-order valence-corrected chi connectivity index (χ0v) is 15.9. The number of fused-ring (bicyclic) bond motifs is 2. The summed E-state index contributed by atoms with van der Waals surface area (Å²) >= 11 is 3.60. The number of nitrogens with zero attached hydrogens (tertiary/aromatic N) is 4. The van der Waals surface area contributed by atoms with Gasteiger partial charge in [-0.1, -0.05) is 0 Å². The van der Waals surface area contributed by atoms with Crippen molar-refractivity contribution in [2.75, 3.05) is 13.1 Å². The molecule has 5 heterocycles. The number of piperidine rings is 1. The van der Waals surface area contributed by atoms with Crippen LogP contribution in [-0.2, 0) is 0 Å². The summed E-state index contributed by atoms with van der Waals surface area (Å²) in [4.78, 5) is 16.8. The standard InChI is InChI=1S/C18H19N5S2/c1-10-8-23-9-13(21-16(23)11(2)20-10)17-22-18-15(25-17)7-14(24-18)12-3-5-19-6-4-12/h7-9,12,19H,3-6H2,1-2H3. The van der Waals surface area contributed by atoms with E-state index in [2.05, 4.69) is 27.0 Å². The van der Waals surface area contributed by atoms with Crippen molar-refractivity contribution in [3.63, 3.8) is 0 Å². The summed E-state index contributed by atoms with van der Waals surface area (Å²) < 4.78 is 3.35. The second-order valence-electron chi connectivity index (χ2n) is 6.69. The van der Waals surface area contributed by atoms with Gasteiger partial charge in [0.05, 0.1) is 16.1 Å². The van der Waals surface area contributed by atoms with E-state index < -0.39 is 0 Å². The highest BCUT2D eigenvalue weighted by molar-refractivity contribution is 7.28. The minimum atomic E-state index is 0.697. The second-order valence-corrected chi connectivity index (χ2v) is 8.78. The molecule has 1 fully saturated rings. The van der Waals surface area contributed by atoms with Crippen LogP contribution in [0.5, 0.6) is 0 Å². The Morgan fingerprint density at radius 3 is 2.72 bits per heavy atom. The van der Waals surface area contributed by atoms with Gasteiger partial charge in [0, 0.05) is 17.3 Å². The maximum atomic E-state index is 4.87. The van der Waals surface area contributed by atoms with Gasteiger partial charge in [-0.15, -0.1) is 22.7 Å². The topological polar surface area (TPSA) is 55.1 Å². The van der Waals surface area contributed by atoms with E-state index in [1.807, 2.05) is 31.4 Å². The molecule has 4 aromatic heterocycles. The summed E-state index contributed by atoms with van der Waals surface area (Å²) in [5.41, 5.74) is 3.81. The zero-order chi connectivity index (χ0) is 17.0. The Balaban J connectivity index is 1.52. The number of aryl methyl sites for hydroxylation is 2. The van der Waals surface area contributed by atoms with Crippen molar-refractivity contribution in [2.45, 2.75) is 32.6 Å². The lowest BCUT2D eigenvalue weighted by molar-refractivity contribution is 0.465. The van der Waals surface area contributed by atoms with Crippen molar-refractivity contribution in [1.29, 1.82) is 0 Å². The number of hydrogen-bond acceptors (Lipinski definition) is 6. The molecule has 0 unspecified atom stereocenters. The number of thiazole rings is 1. The normalized spacial score (nSPS) is 16.2. The van der Waals surface area contributed by atoms with Crippen LogP contribution in [0.25, 0.3) is 25.9 Å². The Morgan fingerprint density at radius 2 is 1.92 bits per heavy atom. The maximum absolute atomic E-state index is 4.87. The van der Waals surface area contributed by atoms with E-state index in [9.17, 15) is 0 Å². The third-order valence-electron chi connectivity index (χ3n) is 4.79. The van der Waals surface area contributed by atoms with E-state index in [0.717, 1.165) is 45.7 Å². The van der Waals surface area contributed by atoms with Crippen LogP contribution in [0.4, 0.5) is 0 Å². The zero-order valence-electron chi connectivity index (χ0n) is 14.2. The van der Waals surface area contributed by atoms with Crippen LogP contribution in [0.1, 0.15) is 35.0 Å². The number of nitrogens with one attached hydrogen (secondary N) is 1. The van der Waals surface area contributed by atoms with Gasteiger partial charge in [0.25, 0.3) is 0 Å². The lowest BCUT2D eigenvalue weighted by atomic mass is 9.97. The van der Waals surface area contributed by atoms with Crippen LogP contribution in [0.2, 0.25) is 0 Å². The first-order valence-electron chi connectivity index (χ1n) is 8.62. The molecule has 0 saturated carbocycles. The van der Waals surface area contributed by atoms with Crippen molar-refractivity contribution in [1.82, 2.24) is 24.7 Å². The molecular weight excluding hydrogens is 350 g/mol. The van der Waals surface area contributed by atoms with Crippen LogP contribution in [0, 0.1) is 13.8 Å². The molecule has 0 radical (unpaired) electrons. The van der Waals surface area contributed by atoms with Crippen molar-refractivity contribution < 1.29 is 0 Å². The largest absolute Gasteiger partial charge is 0.317 e. The molecule has 0 amide bonds. The van der Waals surface area contributed by atoms with E-state index in [0.29, 0.717) is 5.92 Å². The third kappa shape index (κ3) is 2.67. The van der Waals surface area contributed by atoms with Crippen LogP contribution in [0.15, 0.2) is 18.5 Å². The lowest BCUT2D eigenvalue weighted by Gasteiger charge is -2.21. The molecule has 0 aliphatic carbocycles. The lowest BCUT2D eigenvalue weighted by Crippen LogP contribution is -2.26. The van der Waals surface area contributed by atoms with Gasteiger partial charge in [-0.3, -0.25) is 4.98 Å². The van der Waals surface area contributed by atoms with Gasteiger partial charge in [-0.25, -0.2) is 9.97 Å². The monoisotopic (exact) mass is 369 g/mol. The number of hydrogen-bond donors (Lipinski definition) is 1. The summed E-state index contributed by atoms with van der Waals surface area (Å²) in [5, 5.41) is 4.44. The highest BCUT2D eigenvalue weighted by Crippen LogP contribution is 2.39. The SMILES string of the molecule is Cc1cn2cc(-c3nc4sc(C5CCNCC5)cc4s3)nc2c(C)n1. The number of thiophene rings is 1. The molecule has 0 atom stereocenters. The molecular formula is C18H19N5S2. The van der Waals surface area contributed by atoms with Crippen molar-refractivity contribution in [3.8, 4) is 10.7 Å². The van der Waals surface area contributed by atoms with E-state index in [-0.39, 0.29) is 0 Å². The third-order valence-corrected chi connectivity index (χ3v) is 7.14. The van der Waals surface area contributed by atoms with Crippen LogP contribution in [0.3, 0.4) is 0 Å². The molecule has 5 rings (SSSR count). The van der Waals surface area contributed by atoms with E-state index in [1.165, 1.54) is 22.4 Å². The summed E-state index contributed by atoms with van der Waals surface area (Å²) in [6.45, 7) is 6.27. The van der Waals surface area contributed by atoms with Gasteiger partial charge in [-0.05, 0) is 51.8 Å². The summed E-state index contributed by atoms with van der Waals surface area (Å²) in [5.74, 6) is 0.697. The Hall–Kier alpha value is -1.83. The Bertz CT molecular complexity index is 1040. The number of aromatic nitrogens is 4. The highest BCUT2D eigenvalue weighted by atomic mass is 32.1.